The predicted octanol–water partition coefficient (Wildman–Crippen LogP) is 4.37. The van der Waals surface area contributed by atoms with Crippen molar-refractivity contribution in [2.45, 2.75) is 52.7 Å². The monoisotopic (exact) mass is 514 g/mol. The lowest BCUT2D eigenvalue weighted by Crippen LogP contribution is -2.48. The van der Waals surface area contributed by atoms with Crippen LogP contribution in [0.3, 0.4) is 0 Å². The molecule has 0 radical (unpaired) electrons. The largest absolute Gasteiger partial charge is 0.466 e. The van der Waals surface area contributed by atoms with Gasteiger partial charge in [0.15, 0.2) is 5.96 Å². The van der Waals surface area contributed by atoms with Crippen LogP contribution in [-0.4, -0.2) is 36.5 Å². The molecule has 2 N–H and O–H groups in total. The first-order valence-electron chi connectivity index (χ1n) is 10.1. The number of halogens is 2. The third-order valence-corrected chi connectivity index (χ3v) is 5.14. The van der Waals surface area contributed by atoms with Gasteiger partial charge in [-0.15, -0.1) is 24.0 Å². The minimum Gasteiger partial charge on any atom is -0.466 e. The van der Waals surface area contributed by atoms with Crippen molar-refractivity contribution in [2.75, 3.05) is 19.6 Å². The Kier molecular flexibility index (Phi) is 9.42. The normalized spacial score (nSPS) is 15.8. The number of piperidine rings is 1. The molecule has 5 nitrogen and oxygen atoms in total. The molecule has 1 saturated heterocycles. The van der Waals surface area contributed by atoms with Crippen molar-refractivity contribution >= 4 is 29.9 Å². The zero-order valence-electron chi connectivity index (χ0n) is 17.5. The number of nitrogens with one attached hydrogen (secondary N) is 2. The molecule has 2 heterocycles. The summed E-state index contributed by atoms with van der Waals surface area (Å²) in [6.07, 6.45) is 2.13. The highest BCUT2D eigenvalue weighted by atomic mass is 127. The van der Waals surface area contributed by atoms with E-state index in [1.807, 2.05) is 26.0 Å². The Morgan fingerprint density at radius 3 is 2.48 bits per heavy atom. The lowest BCUT2D eigenvalue weighted by molar-refractivity contribution is 0.198. The van der Waals surface area contributed by atoms with Gasteiger partial charge in [0.1, 0.15) is 17.3 Å². The fraction of sp³-hybridized carbons (Fsp3) is 0.500. The van der Waals surface area contributed by atoms with Gasteiger partial charge in [-0.2, -0.15) is 0 Å². The SMILES string of the molecule is CCNC(=NCc1cc(C)oc1C)NC1CCN(Cc2ccc(F)cc2)CC1.I. The van der Waals surface area contributed by atoms with Crippen molar-refractivity contribution in [3.8, 4) is 0 Å². The van der Waals surface area contributed by atoms with Crippen molar-refractivity contribution in [2.24, 2.45) is 4.99 Å². The summed E-state index contributed by atoms with van der Waals surface area (Å²) in [7, 11) is 0. The smallest absolute Gasteiger partial charge is 0.191 e. The van der Waals surface area contributed by atoms with Gasteiger partial charge in [-0.25, -0.2) is 9.38 Å². The van der Waals surface area contributed by atoms with Gasteiger partial charge < -0.3 is 15.1 Å². The van der Waals surface area contributed by atoms with Crippen LogP contribution in [0.25, 0.3) is 0 Å². The van der Waals surface area contributed by atoms with Crippen LogP contribution < -0.4 is 10.6 Å². The number of hydrogen-bond donors (Lipinski definition) is 2. The molecule has 3 rings (SSSR count). The highest BCUT2D eigenvalue weighted by Gasteiger charge is 2.20. The molecule has 7 heteroatoms. The Labute approximate surface area is 190 Å². The summed E-state index contributed by atoms with van der Waals surface area (Å²) >= 11 is 0. The number of aliphatic imine (C=N–C) groups is 1. The molecule has 0 amide bonds. The Morgan fingerprint density at radius 1 is 1.21 bits per heavy atom. The molecule has 0 saturated carbocycles. The van der Waals surface area contributed by atoms with Crippen LogP contribution in [-0.2, 0) is 13.1 Å². The quantitative estimate of drug-likeness (QED) is 0.342. The molecule has 1 aromatic carbocycles. The maximum atomic E-state index is 13.1. The van der Waals surface area contributed by atoms with Crippen LogP contribution in [0.1, 0.15) is 42.4 Å². The molecule has 160 valence electrons. The second kappa shape index (κ2) is 11.5. The first kappa shape index (κ1) is 23.7. The second-order valence-corrected chi connectivity index (χ2v) is 7.45. The summed E-state index contributed by atoms with van der Waals surface area (Å²) in [4.78, 5) is 7.16. The molecule has 1 aliphatic rings. The lowest BCUT2D eigenvalue weighted by Gasteiger charge is -2.33. The van der Waals surface area contributed by atoms with Gasteiger partial charge in [0.25, 0.3) is 0 Å². The van der Waals surface area contributed by atoms with Crippen LogP contribution in [0, 0.1) is 19.7 Å². The van der Waals surface area contributed by atoms with Crippen LogP contribution in [0.4, 0.5) is 4.39 Å². The van der Waals surface area contributed by atoms with Gasteiger partial charge >= 0.3 is 0 Å². The molecule has 0 spiro atoms. The van der Waals surface area contributed by atoms with Crippen molar-refractivity contribution < 1.29 is 8.81 Å². The fourth-order valence-corrected chi connectivity index (χ4v) is 3.60. The van der Waals surface area contributed by atoms with Crippen molar-refractivity contribution in [1.29, 1.82) is 0 Å². The standard InChI is InChI=1S/C22H31FN4O.HI/c1-4-24-22(25-14-19-13-16(2)28-17(19)3)26-21-9-11-27(12-10-21)15-18-5-7-20(23)8-6-18;/h5-8,13,21H,4,9-12,14-15H2,1-3H3,(H2,24,25,26);1H. The lowest BCUT2D eigenvalue weighted by atomic mass is 10.0. The minimum atomic E-state index is -0.178. The number of likely N-dealkylation sites (tertiary alicyclic amines) is 1. The number of guanidine groups is 1. The summed E-state index contributed by atoms with van der Waals surface area (Å²) in [6, 6.07) is 9.27. The van der Waals surface area contributed by atoms with Gasteiger partial charge in [0, 0.05) is 37.8 Å². The Bertz CT molecular complexity index is 783. The molecule has 29 heavy (non-hydrogen) atoms. The molecule has 0 bridgehead atoms. The number of benzene rings is 1. The maximum absolute atomic E-state index is 13.1. The maximum Gasteiger partial charge on any atom is 0.191 e. The Hall–Kier alpha value is -1.61. The van der Waals surface area contributed by atoms with E-state index in [-0.39, 0.29) is 29.8 Å². The van der Waals surface area contributed by atoms with E-state index in [0.29, 0.717) is 12.6 Å². The van der Waals surface area contributed by atoms with Crippen LogP contribution in [0.15, 0.2) is 39.7 Å². The molecule has 0 atom stereocenters. The summed E-state index contributed by atoms with van der Waals surface area (Å²) in [5, 5.41) is 6.92. The van der Waals surface area contributed by atoms with Gasteiger partial charge in [0.2, 0.25) is 0 Å². The molecule has 1 aromatic heterocycles. The van der Waals surface area contributed by atoms with E-state index < -0.39 is 0 Å². The van der Waals surface area contributed by atoms with Crippen molar-refractivity contribution in [3.63, 3.8) is 0 Å². The van der Waals surface area contributed by atoms with Crippen LogP contribution in [0.5, 0.6) is 0 Å². The van der Waals surface area contributed by atoms with E-state index in [2.05, 4.69) is 28.5 Å². The number of aryl methyl sites for hydroxylation is 2. The minimum absolute atomic E-state index is 0. The third-order valence-electron chi connectivity index (χ3n) is 5.14. The zero-order valence-corrected chi connectivity index (χ0v) is 19.8. The first-order valence-corrected chi connectivity index (χ1v) is 10.1. The fourth-order valence-electron chi connectivity index (χ4n) is 3.60. The summed E-state index contributed by atoms with van der Waals surface area (Å²) < 4.78 is 18.6. The summed E-state index contributed by atoms with van der Waals surface area (Å²) in [5.41, 5.74) is 2.29. The number of nitrogens with zero attached hydrogens (tertiary/aromatic N) is 2. The van der Waals surface area contributed by atoms with Crippen LogP contribution in [0.2, 0.25) is 0 Å². The van der Waals surface area contributed by atoms with Crippen molar-refractivity contribution in [3.05, 3.63) is 58.8 Å². The number of rotatable bonds is 6. The Balaban J connectivity index is 0.00000300. The highest BCUT2D eigenvalue weighted by molar-refractivity contribution is 14.0. The number of hydrogen-bond acceptors (Lipinski definition) is 3. The Morgan fingerprint density at radius 2 is 1.90 bits per heavy atom. The van der Waals surface area contributed by atoms with Gasteiger partial charge in [0.05, 0.1) is 6.54 Å². The second-order valence-electron chi connectivity index (χ2n) is 7.45. The van der Waals surface area contributed by atoms with E-state index in [1.54, 1.807) is 0 Å². The molecule has 1 fully saturated rings. The van der Waals surface area contributed by atoms with Crippen molar-refractivity contribution in [1.82, 2.24) is 15.5 Å². The van der Waals surface area contributed by atoms with E-state index in [1.165, 1.54) is 12.1 Å². The molecular formula is C22H32FIN4O. The molecule has 0 aliphatic carbocycles. The van der Waals surface area contributed by atoms with E-state index >= 15 is 0 Å². The zero-order chi connectivity index (χ0) is 19.9. The average Bonchev–Trinajstić information content (AvgIpc) is 3.00. The first-order chi connectivity index (χ1) is 13.5. The summed E-state index contributed by atoms with van der Waals surface area (Å²) in [6.45, 7) is 10.4. The molecule has 1 aliphatic heterocycles. The van der Waals surface area contributed by atoms with E-state index in [0.717, 1.165) is 67.6 Å². The third kappa shape index (κ3) is 7.29. The molecular weight excluding hydrogens is 482 g/mol. The number of furan rings is 1. The molecule has 0 unspecified atom stereocenters. The van der Waals surface area contributed by atoms with E-state index in [9.17, 15) is 4.39 Å². The molecule has 2 aromatic rings. The topological polar surface area (TPSA) is 52.8 Å². The van der Waals surface area contributed by atoms with Crippen LogP contribution >= 0.6 is 24.0 Å². The predicted molar refractivity (Wildman–Crippen MR) is 126 cm³/mol. The summed E-state index contributed by atoms with van der Waals surface area (Å²) in [5.74, 6) is 2.54. The van der Waals surface area contributed by atoms with E-state index in [4.69, 9.17) is 9.41 Å². The van der Waals surface area contributed by atoms with Gasteiger partial charge in [-0.1, -0.05) is 12.1 Å². The van der Waals surface area contributed by atoms with Gasteiger partial charge in [-0.05, 0) is 57.4 Å². The average molecular weight is 514 g/mol. The van der Waals surface area contributed by atoms with Gasteiger partial charge in [-0.3, -0.25) is 4.90 Å². The highest BCUT2D eigenvalue weighted by Crippen LogP contribution is 2.16.